The fourth-order valence-electron chi connectivity index (χ4n) is 3.32. The summed E-state index contributed by atoms with van der Waals surface area (Å²) in [5.41, 5.74) is 2.14. The number of carbonyl (C=O) groups is 1. The second-order valence-corrected chi connectivity index (χ2v) is 7.58. The van der Waals surface area contributed by atoms with E-state index in [0.717, 1.165) is 23.3 Å². The zero-order chi connectivity index (χ0) is 22.1. The van der Waals surface area contributed by atoms with E-state index in [4.69, 9.17) is 9.73 Å². The number of halogens is 3. The van der Waals surface area contributed by atoms with Crippen LogP contribution in [0.3, 0.4) is 0 Å². The van der Waals surface area contributed by atoms with Crippen LogP contribution in [-0.2, 0) is 15.7 Å². The summed E-state index contributed by atoms with van der Waals surface area (Å²) in [4.78, 5) is 18.9. The van der Waals surface area contributed by atoms with Crippen molar-refractivity contribution in [1.29, 1.82) is 0 Å². The standard InChI is InChI=1S/C22H21F3N2O2S/c1-13-8-10-15(11-9-13)19-18(20(28)29-3)14(2)27(21(26-19)30-4)17-7-5-6-16(12-17)22(23,24)25/h5-12,19H,1-4H3. The Hall–Kier alpha value is -2.74. The second kappa shape index (κ2) is 8.55. The highest BCUT2D eigenvalue weighted by molar-refractivity contribution is 8.13. The molecule has 2 aromatic rings. The van der Waals surface area contributed by atoms with Crippen molar-refractivity contribution < 1.29 is 22.7 Å². The number of aliphatic imine (C=N–C) groups is 1. The van der Waals surface area contributed by atoms with E-state index in [2.05, 4.69) is 0 Å². The van der Waals surface area contributed by atoms with E-state index in [1.54, 1.807) is 24.1 Å². The molecule has 1 heterocycles. The molecule has 3 rings (SSSR count). The number of nitrogens with zero attached hydrogens (tertiary/aromatic N) is 2. The van der Waals surface area contributed by atoms with Crippen LogP contribution in [-0.4, -0.2) is 24.5 Å². The molecule has 0 saturated carbocycles. The number of ether oxygens (including phenoxy) is 1. The van der Waals surface area contributed by atoms with Gasteiger partial charge in [-0.3, -0.25) is 4.90 Å². The van der Waals surface area contributed by atoms with E-state index < -0.39 is 23.8 Å². The average molecular weight is 434 g/mol. The van der Waals surface area contributed by atoms with Crippen LogP contribution in [0.4, 0.5) is 18.9 Å². The van der Waals surface area contributed by atoms with Crippen LogP contribution in [0.5, 0.6) is 0 Å². The van der Waals surface area contributed by atoms with Crippen molar-refractivity contribution in [2.45, 2.75) is 26.1 Å². The summed E-state index contributed by atoms with van der Waals surface area (Å²) < 4.78 is 44.7. The van der Waals surface area contributed by atoms with Gasteiger partial charge >= 0.3 is 12.1 Å². The first-order valence-corrected chi connectivity index (χ1v) is 10.3. The molecule has 0 N–H and O–H groups in total. The van der Waals surface area contributed by atoms with Crippen LogP contribution in [0.2, 0.25) is 0 Å². The summed E-state index contributed by atoms with van der Waals surface area (Å²) in [5.74, 6) is -0.570. The quantitative estimate of drug-likeness (QED) is 0.578. The molecule has 0 aromatic heterocycles. The van der Waals surface area contributed by atoms with E-state index in [-0.39, 0.29) is 11.3 Å². The van der Waals surface area contributed by atoms with Crippen LogP contribution in [0, 0.1) is 6.92 Å². The molecule has 0 spiro atoms. The number of hydrogen-bond donors (Lipinski definition) is 0. The van der Waals surface area contributed by atoms with Crippen LogP contribution >= 0.6 is 11.8 Å². The minimum Gasteiger partial charge on any atom is -0.466 e. The molecule has 0 radical (unpaired) electrons. The largest absolute Gasteiger partial charge is 0.466 e. The molecule has 158 valence electrons. The normalized spacial score (nSPS) is 17.1. The molecule has 8 heteroatoms. The van der Waals surface area contributed by atoms with Gasteiger partial charge in [-0.1, -0.05) is 47.7 Å². The Morgan fingerprint density at radius 3 is 2.37 bits per heavy atom. The summed E-state index contributed by atoms with van der Waals surface area (Å²) in [7, 11) is 1.28. The van der Waals surface area contributed by atoms with Crippen molar-refractivity contribution in [3.63, 3.8) is 0 Å². The summed E-state index contributed by atoms with van der Waals surface area (Å²) >= 11 is 1.30. The number of hydrogen-bond acceptors (Lipinski definition) is 5. The van der Waals surface area contributed by atoms with Crippen LogP contribution in [0.1, 0.15) is 29.7 Å². The van der Waals surface area contributed by atoms with E-state index in [1.165, 1.54) is 24.9 Å². The van der Waals surface area contributed by atoms with Gasteiger partial charge in [-0.15, -0.1) is 0 Å². The fraction of sp³-hybridized carbons (Fsp3) is 0.273. The summed E-state index contributed by atoms with van der Waals surface area (Å²) in [6.07, 6.45) is -2.68. The molecule has 1 aliphatic rings. The number of alkyl halides is 3. The molecule has 1 atom stereocenters. The van der Waals surface area contributed by atoms with E-state index in [9.17, 15) is 18.0 Å². The maximum absolute atomic E-state index is 13.2. The number of aryl methyl sites for hydroxylation is 1. The number of carbonyl (C=O) groups excluding carboxylic acids is 1. The fourth-order valence-corrected chi connectivity index (χ4v) is 3.96. The minimum absolute atomic E-state index is 0.277. The summed E-state index contributed by atoms with van der Waals surface area (Å²) in [6, 6.07) is 12.0. The first-order valence-electron chi connectivity index (χ1n) is 9.12. The van der Waals surface area contributed by atoms with E-state index >= 15 is 0 Å². The molecule has 0 amide bonds. The molecule has 1 aliphatic heterocycles. The molecule has 0 saturated heterocycles. The highest BCUT2D eigenvalue weighted by Crippen LogP contribution is 2.40. The maximum Gasteiger partial charge on any atom is 0.416 e. The van der Waals surface area contributed by atoms with Gasteiger partial charge in [0.15, 0.2) is 5.17 Å². The third kappa shape index (κ3) is 4.23. The van der Waals surface area contributed by atoms with Gasteiger partial charge in [-0.25, -0.2) is 9.79 Å². The highest BCUT2D eigenvalue weighted by Gasteiger charge is 2.36. The Morgan fingerprint density at radius 1 is 1.13 bits per heavy atom. The lowest BCUT2D eigenvalue weighted by Crippen LogP contribution is -2.35. The summed E-state index contributed by atoms with van der Waals surface area (Å²) in [5, 5.41) is 0.491. The Labute approximate surface area is 177 Å². The number of methoxy groups -OCH3 is 1. The Morgan fingerprint density at radius 2 is 1.80 bits per heavy atom. The SMILES string of the molecule is COC(=O)C1=C(C)N(c2cccc(C(F)(F)F)c2)C(SC)=NC1c1ccc(C)cc1. The molecule has 1 unspecified atom stereocenters. The Kier molecular flexibility index (Phi) is 6.26. The zero-order valence-electron chi connectivity index (χ0n) is 16.9. The van der Waals surface area contributed by atoms with Crippen molar-refractivity contribution in [2.75, 3.05) is 18.3 Å². The van der Waals surface area contributed by atoms with Crippen molar-refractivity contribution in [2.24, 2.45) is 4.99 Å². The predicted octanol–water partition coefficient (Wildman–Crippen LogP) is 5.74. The van der Waals surface area contributed by atoms with Gasteiger partial charge in [-0.2, -0.15) is 13.2 Å². The third-order valence-corrected chi connectivity index (χ3v) is 5.50. The van der Waals surface area contributed by atoms with Crippen LogP contribution < -0.4 is 4.90 Å². The number of thioether (sulfide) groups is 1. The first kappa shape index (κ1) is 22.0. The predicted molar refractivity (Wildman–Crippen MR) is 114 cm³/mol. The van der Waals surface area contributed by atoms with Crippen molar-refractivity contribution in [3.05, 3.63) is 76.5 Å². The van der Waals surface area contributed by atoms with Gasteiger partial charge < -0.3 is 4.74 Å². The number of amidine groups is 1. The maximum atomic E-state index is 13.2. The third-order valence-electron chi connectivity index (χ3n) is 4.84. The topological polar surface area (TPSA) is 41.9 Å². The van der Waals surface area contributed by atoms with Gasteiger partial charge in [0.05, 0.1) is 18.2 Å². The molecule has 4 nitrogen and oxygen atoms in total. The van der Waals surface area contributed by atoms with Crippen molar-refractivity contribution >= 4 is 28.6 Å². The van der Waals surface area contributed by atoms with Gasteiger partial charge in [0.25, 0.3) is 0 Å². The second-order valence-electron chi connectivity index (χ2n) is 6.80. The average Bonchev–Trinajstić information content (AvgIpc) is 2.72. The van der Waals surface area contributed by atoms with Crippen molar-refractivity contribution in [3.8, 4) is 0 Å². The summed E-state index contributed by atoms with van der Waals surface area (Å²) in [6.45, 7) is 3.65. The number of rotatable bonds is 3. The zero-order valence-corrected chi connectivity index (χ0v) is 17.8. The van der Waals surface area contributed by atoms with Crippen molar-refractivity contribution in [1.82, 2.24) is 0 Å². The van der Waals surface area contributed by atoms with Gasteiger partial charge in [0.2, 0.25) is 0 Å². The number of esters is 1. The molecule has 2 aromatic carbocycles. The Balaban J connectivity index is 2.18. The lowest BCUT2D eigenvalue weighted by molar-refractivity contribution is -0.138. The molecule has 30 heavy (non-hydrogen) atoms. The highest BCUT2D eigenvalue weighted by atomic mass is 32.2. The van der Waals surface area contributed by atoms with E-state index in [1.807, 2.05) is 31.2 Å². The molecule has 0 bridgehead atoms. The number of anilines is 1. The number of allylic oxidation sites excluding steroid dienone is 1. The van der Waals surface area contributed by atoms with Gasteiger partial charge in [0, 0.05) is 11.4 Å². The molecular formula is C22H21F3N2O2S. The Bertz CT molecular complexity index is 1010. The minimum atomic E-state index is -4.48. The first-order chi connectivity index (χ1) is 14.2. The number of benzene rings is 2. The van der Waals surface area contributed by atoms with Gasteiger partial charge in [-0.05, 0) is 43.9 Å². The lowest BCUT2D eigenvalue weighted by Gasteiger charge is -2.34. The van der Waals surface area contributed by atoms with E-state index in [0.29, 0.717) is 10.9 Å². The van der Waals surface area contributed by atoms with Crippen LogP contribution in [0.25, 0.3) is 0 Å². The molecule has 0 fully saturated rings. The van der Waals surface area contributed by atoms with Gasteiger partial charge in [0.1, 0.15) is 6.04 Å². The smallest absolute Gasteiger partial charge is 0.416 e. The monoisotopic (exact) mass is 434 g/mol. The molecular weight excluding hydrogens is 413 g/mol. The lowest BCUT2D eigenvalue weighted by atomic mass is 9.95. The molecule has 0 aliphatic carbocycles. The van der Waals surface area contributed by atoms with Crippen LogP contribution in [0.15, 0.2) is 64.8 Å².